The van der Waals surface area contributed by atoms with Crippen molar-refractivity contribution < 1.29 is 23.1 Å². The molecule has 2 aromatic rings. The van der Waals surface area contributed by atoms with Crippen LogP contribution >= 0.6 is 11.6 Å². The Balaban J connectivity index is 1.63. The first-order valence-corrected chi connectivity index (χ1v) is 10.7. The SMILES string of the molecule is CC1CN(c2ccc(Cl)c(C(F)(F)F)c2)CC(C)N1[C@@H]1c2ccccc2C[C@@H]1C(=O)O. The monoisotopic (exact) mass is 452 g/mol. The highest BCUT2D eigenvalue weighted by molar-refractivity contribution is 6.31. The van der Waals surface area contributed by atoms with Crippen molar-refractivity contribution in [3.8, 4) is 0 Å². The molecule has 2 aromatic carbocycles. The van der Waals surface area contributed by atoms with Gasteiger partial charge in [0.2, 0.25) is 0 Å². The number of hydrogen-bond donors (Lipinski definition) is 1. The van der Waals surface area contributed by atoms with Gasteiger partial charge in [-0.15, -0.1) is 0 Å². The van der Waals surface area contributed by atoms with Gasteiger partial charge in [0.1, 0.15) is 0 Å². The van der Waals surface area contributed by atoms with Gasteiger partial charge in [0.15, 0.2) is 0 Å². The number of nitrogens with zero attached hydrogens (tertiary/aromatic N) is 2. The van der Waals surface area contributed by atoms with Gasteiger partial charge in [-0.3, -0.25) is 9.69 Å². The second-order valence-corrected chi connectivity index (χ2v) is 8.91. The molecule has 31 heavy (non-hydrogen) atoms. The molecule has 4 atom stereocenters. The van der Waals surface area contributed by atoms with Gasteiger partial charge in [0.25, 0.3) is 0 Å². The van der Waals surface area contributed by atoms with E-state index in [2.05, 4.69) is 4.90 Å². The molecule has 4 rings (SSSR count). The molecule has 1 fully saturated rings. The minimum atomic E-state index is -4.52. The van der Waals surface area contributed by atoms with E-state index in [0.717, 1.165) is 17.2 Å². The fourth-order valence-electron chi connectivity index (χ4n) is 5.19. The summed E-state index contributed by atoms with van der Waals surface area (Å²) in [7, 11) is 0. The van der Waals surface area contributed by atoms with Crippen LogP contribution in [0.4, 0.5) is 18.9 Å². The van der Waals surface area contributed by atoms with E-state index >= 15 is 0 Å². The maximum absolute atomic E-state index is 13.3. The average Bonchev–Trinajstić information content (AvgIpc) is 3.07. The normalized spacial score (nSPS) is 26.7. The predicted octanol–water partition coefficient (Wildman–Crippen LogP) is 5.26. The maximum Gasteiger partial charge on any atom is 0.417 e. The molecule has 1 heterocycles. The molecule has 1 saturated heterocycles. The first-order valence-electron chi connectivity index (χ1n) is 10.3. The van der Waals surface area contributed by atoms with Crippen molar-refractivity contribution >= 4 is 23.3 Å². The summed E-state index contributed by atoms with van der Waals surface area (Å²) in [5, 5.41) is 9.55. The number of carboxylic acid groups (broad SMARTS) is 1. The Bertz CT molecular complexity index is 985. The first kappa shape index (κ1) is 22.0. The van der Waals surface area contributed by atoms with Crippen LogP contribution in [0.5, 0.6) is 0 Å². The lowest BCUT2D eigenvalue weighted by molar-refractivity contribution is -0.145. The quantitative estimate of drug-likeness (QED) is 0.690. The molecular weight excluding hydrogens is 429 g/mol. The minimum Gasteiger partial charge on any atom is -0.481 e. The average molecular weight is 453 g/mol. The summed E-state index contributed by atoms with van der Waals surface area (Å²) in [6.07, 6.45) is -4.03. The topological polar surface area (TPSA) is 43.8 Å². The molecule has 166 valence electrons. The van der Waals surface area contributed by atoms with E-state index in [0.29, 0.717) is 25.2 Å². The van der Waals surface area contributed by atoms with Crippen molar-refractivity contribution in [2.24, 2.45) is 5.92 Å². The molecule has 0 saturated carbocycles. The summed E-state index contributed by atoms with van der Waals surface area (Å²) in [5.74, 6) is -1.36. The van der Waals surface area contributed by atoms with Crippen LogP contribution in [0.15, 0.2) is 42.5 Å². The van der Waals surface area contributed by atoms with Crippen LogP contribution < -0.4 is 4.90 Å². The van der Waals surface area contributed by atoms with Gasteiger partial charge >= 0.3 is 12.1 Å². The van der Waals surface area contributed by atoms with Crippen LogP contribution in [0.25, 0.3) is 0 Å². The largest absolute Gasteiger partial charge is 0.481 e. The zero-order chi connectivity index (χ0) is 22.5. The van der Waals surface area contributed by atoms with Crippen molar-refractivity contribution in [1.29, 1.82) is 0 Å². The first-order chi connectivity index (χ1) is 14.6. The maximum atomic E-state index is 13.3. The van der Waals surface area contributed by atoms with Gasteiger partial charge in [0, 0.05) is 36.9 Å². The summed E-state index contributed by atoms with van der Waals surface area (Å²) in [5.41, 5.74) is 1.71. The third-order valence-electron chi connectivity index (χ3n) is 6.44. The molecule has 2 unspecified atom stereocenters. The van der Waals surface area contributed by atoms with Crippen LogP contribution in [0.1, 0.15) is 36.6 Å². The standard InChI is InChI=1S/C23H24ClF3N2O2/c1-13-11-28(16-7-8-20(24)19(10-16)23(25,26)27)12-14(2)29(13)21-17-6-4-3-5-15(17)9-18(21)22(30)31/h3-8,10,13-14,18,21H,9,11-12H2,1-2H3,(H,30,31)/t13?,14?,18-,21+/m0/s1. The highest BCUT2D eigenvalue weighted by Gasteiger charge is 2.45. The third-order valence-corrected chi connectivity index (χ3v) is 6.77. The van der Waals surface area contributed by atoms with Crippen molar-refractivity contribution in [1.82, 2.24) is 4.90 Å². The van der Waals surface area contributed by atoms with E-state index in [9.17, 15) is 23.1 Å². The van der Waals surface area contributed by atoms with E-state index < -0.39 is 23.6 Å². The number of alkyl halides is 3. The smallest absolute Gasteiger partial charge is 0.417 e. The molecule has 1 N–H and O–H groups in total. The lowest BCUT2D eigenvalue weighted by Crippen LogP contribution is -2.58. The summed E-state index contributed by atoms with van der Waals surface area (Å²) in [6.45, 7) is 4.99. The molecule has 1 aliphatic heterocycles. The lowest BCUT2D eigenvalue weighted by Gasteiger charge is -2.49. The summed E-state index contributed by atoms with van der Waals surface area (Å²) in [4.78, 5) is 16.2. The molecule has 0 bridgehead atoms. The summed E-state index contributed by atoms with van der Waals surface area (Å²) < 4.78 is 39.9. The fourth-order valence-corrected chi connectivity index (χ4v) is 5.41. The highest BCUT2D eigenvalue weighted by Crippen LogP contribution is 2.44. The molecule has 0 spiro atoms. The van der Waals surface area contributed by atoms with Gasteiger partial charge in [-0.05, 0) is 49.6 Å². The number of fused-ring (bicyclic) bond motifs is 1. The van der Waals surface area contributed by atoms with Crippen molar-refractivity contribution in [3.63, 3.8) is 0 Å². The number of rotatable bonds is 3. The predicted molar refractivity (Wildman–Crippen MR) is 113 cm³/mol. The van der Waals surface area contributed by atoms with E-state index in [1.165, 1.54) is 6.07 Å². The Morgan fingerprint density at radius 1 is 1.10 bits per heavy atom. The number of benzene rings is 2. The molecule has 2 aliphatic rings. The van der Waals surface area contributed by atoms with Gasteiger partial charge in [0.05, 0.1) is 16.5 Å². The van der Waals surface area contributed by atoms with Gasteiger partial charge < -0.3 is 10.0 Å². The van der Waals surface area contributed by atoms with E-state index in [1.807, 2.05) is 43.0 Å². The molecule has 8 heteroatoms. The van der Waals surface area contributed by atoms with Gasteiger partial charge in [-0.25, -0.2) is 0 Å². The molecule has 0 aromatic heterocycles. The number of hydrogen-bond acceptors (Lipinski definition) is 3. The Morgan fingerprint density at radius 2 is 1.74 bits per heavy atom. The van der Waals surface area contributed by atoms with Crippen molar-refractivity contribution in [2.75, 3.05) is 18.0 Å². The Morgan fingerprint density at radius 3 is 2.35 bits per heavy atom. The van der Waals surface area contributed by atoms with E-state index in [1.54, 1.807) is 6.07 Å². The number of anilines is 1. The number of piperazine rings is 1. The number of carboxylic acids is 1. The van der Waals surface area contributed by atoms with Crippen molar-refractivity contribution in [2.45, 2.75) is 44.6 Å². The van der Waals surface area contributed by atoms with E-state index in [-0.39, 0.29) is 23.1 Å². The second-order valence-electron chi connectivity index (χ2n) is 8.50. The lowest BCUT2D eigenvalue weighted by atomic mass is 9.93. The Hall–Kier alpha value is -2.25. The zero-order valence-corrected chi connectivity index (χ0v) is 18.0. The zero-order valence-electron chi connectivity index (χ0n) is 17.2. The van der Waals surface area contributed by atoms with Crippen LogP contribution in [0.3, 0.4) is 0 Å². The second kappa shape index (κ2) is 8.02. The van der Waals surface area contributed by atoms with Crippen LogP contribution in [0.2, 0.25) is 5.02 Å². The highest BCUT2D eigenvalue weighted by atomic mass is 35.5. The van der Waals surface area contributed by atoms with E-state index in [4.69, 9.17) is 11.6 Å². The van der Waals surface area contributed by atoms with Crippen molar-refractivity contribution in [3.05, 3.63) is 64.2 Å². The minimum absolute atomic E-state index is 0.0493. The van der Waals surface area contributed by atoms with Gasteiger partial charge in [-0.2, -0.15) is 13.2 Å². The molecule has 0 amide bonds. The van der Waals surface area contributed by atoms with Crippen LogP contribution in [-0.4, -0.2) is 41.1 Å². The number of halogens is 4. The molecule has 0 radical (unpaired) electrons. The molecule has 1 aliphatic carbocycles. The Kier molecular flexibility index (Phi) is 5.68. The summed E-state index contributed by atoms with van der Waals surface area (Å²) in [6, 6.07) is 11.5. The third kappa shape index (κ3) is 4.01. The molecular formula is C23H24ClF3N2O2. The fraction of sp³-hybridized carbons (Fsp3) is 0.435. The van der Waals surface area contributed by atoms with Crippen LogP contribution in [0, 0.1) is 5.92 Å². The Labute approximate surface area is 184 Å². The summed E-state index contributed by atoms with van der Waals surface area (Å²) >= 11 is 5.78. The number of carbonyl (C=O) groups is 1. The number of aliphatic carboxylic acids is 1. The van der Waals surface area contributed by atoms with Crippen LogP contribution in [-0.2, 0) is 17.4 Å². The van der Waals surface area contributed by atoms with Gasteiger partial charge in [-0.1, -0.05) is 35.9 Å². The molecule has 4 nitrogen and oxygen atoms in total.